The second-order valence-corrected chi connectivity index (χ2v) is 8.94. The van der Waals surface area contributed by atoms with Crippen LogP contribution in [-0.4, -0.2) is 16.2 Å². The fraction of sp³-hybridized carbons (Fsp3) is 0.458. The summed E-state index contributed by atoms with van der Waals surface area (Å²) in [5.41, 5.74) is 3.64. The molecule has 0 radical (unpaired) electrons. The van der Waals surface area contributed by atoms with E-state index >= 15 is 0 Å². The lowest BCUT2D eigenvalue weighted by Gasteiger charge is -2.40. The Morgan fingerprint density at radius 3 is 2.57 bits per heavy atom. The molecule has 1 aliphatic carbocycles. The van der Waals surface area contributed by atoms with Crippen molar-refractivity contribution in [1.82, 2.24) is 9.55 Å². The average Bonchev–Trinajstić information content (AvgIpc) is 3.00. The molecule has 1 saturated carbocycles. The van der Waals surface area contributed by atoms with Crippen molar-refractivity contribution in [2.75, 3.05) is 11.9 Å². The molecular weight excluding hydrogens is 346 g/mol. The van der Waals surface area contributed by atoms with Crippen molar-refractivity contribution in [3.63, 3.8) is 0 Å². The second kappa shape index (κ2) is 7.50. The Hall–Kier alpha value is -2.49. The number of anilines is 2. The van der Waals surface area contributed by atoms with Crippen LogP contribution < -0.4 is 10.1 Å². The van der Waals surface area contributed by atoms with Crippen molar-refractivity contribution < 1.29 is 4.74 Å². The Bertz CT molecular complexity index is 942. The first-order valence-corrected chi connectivity index (χ1v) is 10.4. The maximum atomic E-state index is 5.56. The molecule has 0 amide bonds. The lowest BCUT2D eigenvalue weighted by Crippen LogP contribution is -2.29. The summed E-state index contributed by atoms with van der Waals surface area (Å²) in [5, 5.41) is 3.57. The van der Waals surface area contributed by atoms with Gasteiger partial charge in [0.15, 0.2) is 0 Å². The molecule has 148 valence electrons. The van der Waals surface area contributed by atoms with Crippen LogP contribution >= 0.6 is 0 Å². The standard InChI is InChI=1S/C24H31N3O/c1-5-28-20-12-10-18(11-13-20)25-23-26-21-8-6-7-9-22(21)27(23)19-14-17(2)15-24(3,4)16-19/h6-13,17,19H,5,14-16H2,1-4H3,(H,25,26)/t17-,19?/m1/s1. The fourth-order valence-corrected chi connectivity index (χ4v) is 4.92. The number of ether oxygens (including phenoxy) is 1. The number of rotatable bonds is 5. The van der Waals surface area contributed by atoms with Crippen LogP contribution in [0.2, 0.25) is 0 Å². The SMILES string of the molecule is CCOc1ccc(Nc2nc3ccccc3n2C2C[C@@H](C)CC(C)(C)C2)cc1. The first kappa shape index (κ1) is 18.9. The van der Waals surface area contributed by atoms with Crippen LogP contribution in [0.15, 0.2) is 48.5 Å². The summed E-state index contributed by atoms with van der Waals surface area (Å²) < 4.78 is 8.00. The average molecular weight is 378 g/mol. The first-order chi connectivity index (χ1) is 13.4. The summed E-state index contributed by atoms with van der Waals surface area (Å²) in [6, 6.07) is 17.0. The molecule has 1 N–H and O–H groups in total. The van der Waals surface area contributed by atoms with Gasteiger partial charge >= 0.3 is 0 Å². The molecule has 1 fully saturated rings. The van der Waals surface area contributed by atoms with Crippen LogP contribution in [-0.2, 0) is 0 Å². The number of hydrogen-bond donors (Lipinski definition) is 1. The second-order valence-electron chi connectivity index (χ2n) is 8.94. The van der Waals surface area contributed by atoms with Crippen LogP contribution in [0, 0.1) is 11.3 Å². The van der Waals surface area contributed by atoms with Crippen molar-refractivity contribution >= 4 is 22.7 Å². The molecule has 4 heteroatoms. The predicted octanol–water partition coefficient (Wildman–Crippen LogP) is 6.57. The van der Waals surface area contributed by atoms with E-state index < -0.39 is 0 Å². The monoisotopic (exact) mass is 377 g/mol. The Morgan fingerprint density at radius 1 is 1.11 bits per heavy atom. The predicted molar refractivity (Wildman–Crippen MR) is 116 cm³/mol. The van der Waals surface area contributed by atoms with Gasteiger partial charge in [-0.25, -0.2) is 4.98 Å². The molecular formula is C24H31N3O. The number of hydrogen-bond acceptors (Lipinski definition) is 3. The third-order valence-corrected chi connectivity index (χ3v) is 5.75. The molecule has 3 aromatic rings. The molecule has 1 aliphatic rings. The van der Waals surface area contributed by atoms with Crippen molar-refractivity contribution in [1.29, 1.82) is 0 Å². The molecule has 0 aliphatic heterocycles. The number of nitrogens with zero attached hydrogens (tertiary/aromatic N) is 2. The highest BCUT2D eigenvalue weighted by molar-refractivity contribution is 5.80. The molecule has 1 unspecified atom stereocenters. The van der Waals surface area contributed by atoms with Gasteiger partial charge in [0.2, 0.25) is 5.95 Å². The van der Waals surface area contributed by atoms with E-state index in [-0.39, 0.29) is 0 Å². The topological polar surface area (TPSA) is 39.1 Å². The molecule has 1 heterocycles. The van der Waals surface area contributed by atoms with Gasteiger partial charge in [-0.1, -0.05) is 32.9 Å². The molecule has 0 spiro atoms. The van der Waals surface area contributed by atoms with E-state index in [0.717, 1.165) is 22.9 Å². The highest BCUT2D eigenvalue weighted by atomic mass is 16.5. The molecule has 4 nitrogen and oxygen atoms in total. The van der Waals surface area contributed by atoms with Gasteiger partial charge in [-0.3, -0.25) is 0 Å². The van der Waals surface area contributed by atoms with E-state index in [9.17, 15) is 0 Å². The van der Waals surface area contributed by atoms with Crippen LogP contribution in [0.5, 0.6) is 5.75 Å². The van der Waals surface area contributed by atoms with Gasteiger partial charge in [0.1, 0.15) is 5.75 Å². The first-order valence-electron chi connectivity index (χ1n) is 10.4. The van der Waals surface area contributed by atoms with Crippen LogP contribution in [0.3, 0.4) is 0 Å². The van der Waals surface area contributed by atoms with E-state index in [4.69, 9.17) is 9.72 Å². The van der Waals surface area contributed by atoms with Gasteiger partial charge in [0.25, 0.3) is 0 Å². The highest BCUT2D eigenvalue weighted by Gasteiger charge is 2.34. The molecule has 2 aromatic carbocycles. The zero-order valence-electron chi connectivity index (χ0n) is 17.4. The molecule has 28 heavy (non-hydrogen) atoms. The summed E-state index contributed by atoms with van der Waals surface area (Å²) >= 11 is 0. The Labute approximate surface area is 167 Å². The van der Waals surface area contributed by atoms with Gasteiger partial charge in [0, 0.05) is 11.7 Å². The van der Waals surface area contributed by atoms with Crippen molar-refractivity contribution in [2.45, 2.75) is 53.0 Å². The van der Waals surface area contributed by atoms with E-state index in [1.165, 1.54) is 24.8 Å². The van der Waals surface area contributed by atoms with Crippen molar-refractivity contribution in [3.8, 4) is 5.75 Å². The molecule has 1 aromatic heterocycles. The highest BCUT2D eigenvalue weighted by Crippen LogP contribution is 2.46. The summed E-state index contributed by atoms with van der Waals surface area (Å²) in [4.78, 5) is 4.94. The normalized spacial score (nSPS) is 21.6. The summed E-state index contributed by atoms with van der Waals surface area (Å²) in [5.74, 6) is 2.54. The van der Waals surface area contributed by atoms with Crippen LogP contribution in [0.4, 0.5) is 11.6 Å². The zero-order valence-corrected chi connectivity index (χ0v) is 17.4. The summed E-state index contributed by atoms with van der Waals surface area (Å²) in [6.07, 6.45) is 3.66. The summed E-state index contributed by atoms with van der Waals surface area (Å²) in [7, 11) is 0. The fourth-order valence-electron chi connectivity index (χ4n) is 4.92. The van der Waals surface area contributed by atoms with E-state index in [0.29, 0.717) is 24.0 Å². The number of benzene rings is 2. The minimum absolute atomic E-state index is 0.351. The summed E-state index contributed by atoms with van der Waals surface area (Å²) in [6.45, 7) is 9.86. The number of para-hydroxylation sites is 2. The molecule has 2 atom stereocenters. The smallest absolute Gasteiger partial charge is 0.208 e. The number of aromatic nitrogens is 2. The maximum absolute atomic E-state index is 5.56. The Morgan fingerprint density at radius 2 is 1.86 bits per heavy atom. The van der Waals surface area contributed by atoms with Crippen LogP contribution in [0.1, 0.15) is 53.0 Å². The van der Waals surface area contributed by atoms with Gasteiger partial charge < -0.3 is 14.6 Å². The number of imidazole rings is 1. The minimum atomic E-state index is 0.351. The quantitative estimate of drug-likeness (QED) is 0.547. The Kier molecular flexibility index (Phi) is 5.05. The molecule has 0 saturated heterocycles. The van der Waals surface area contributed by atoms with E-state index in [1.807, 2.05) is 19.1 Å². The number of nitrogens with one attached hydrogen (secondary N) is 1. The third kappa shape index (κ3) is 3.87. The molecule has 4 rings (SSSR count). The maximum Gasteiger partial charge on any atom is 0.208 e. The van der Waals surface area contributed by atoms with E-state index in [1.54, 1.807) is 0 Å². The zero-order chi connectivity index (χ0) is 19.7. The lowest BCUT2D eigenvalue weighted by molar-refractivity contribution is 0.140. The van der Waals surface area contributed by atoms with Gasteiger partial charge in [-0.15, -0.1) is 0 Å². The molecule has 0 bridgehead atoms. The third-order valence-electron chi connectivity index (χ3n) is 5.75. The van der Waals surface area contributed by atoms with E-state index in [2.05, 4.69) is 67.1 Å². The van der Waals surface area contributed by atoms with Gasteiger partial charge in [0.05, 0.1) is 17.6 Å². The van der Waals surface area contributed by atoms with Gasteiger partial charge in [-0.2, -0.15) is 0 Å². The van der Waals surface area contributed by atoms with Crippen LogP contribution in [0.25, 0.3) is 11.0 Å². The Balaban J connectivity index is 1.71. The lowest BCUT2D eigenvalue weighted by atomic mass is 9.70. The van der Waals surface area contributed by atoms with Gasteiger partial charge in [-0.05, 0) is 73.9 Å². The van der Waals surface area contributed by atoms with Crippen molar-refractivity contribution in [2.24, 2.45) is 11.3 Å². The minimum Gasteiger partial charge on any atom is -0.494 e. The van der Waals surface area contributed by atoms with Crippen molar-refractivity contribution in [3.05, 3.63) is 48.5 Å². The number of fused-ring (bicyclic) bond motifs is 1. The largest absolute Gasteiger partial charge is 0.494 e.